The number of benzene rings is 1. The number of hydrogen-bond donors (Lipinski definition) is 2. The van der Waals surface area contributed by atoms with Crippen molar-refractivity contribution < 1.29 is 14.7 Å². The Kier molecular flexibility index (Phi) is 6.18. The highest BCUT2D eigenvalue weighted by atomic mass is 35.5. The summed E-state index contributed by atoms with van der Waals surface area (Å²) in [6.45, 7) is 3.51. The van der Waals surface area contributed by atoms with Crippen LogP contribution < -0.4 is 5.32 Å². The van der Waals surface area contributed by atoms with Gasteiger partial charge in [-0.15, -0.1) is 11.8 Å². The molecule has 1 unspecified atom stereocenters. The van der Waals surface area contributed by atoms with Crippen LogP contribution in [-0.4, -0.2) is 28.8 Å². The predicted octanol–water partition coefficient (Wildman–Crippen LogP) is 2.66. The van der Waals surface area contributed by atoms with Crippen LogP contribution in [-0.2, 0) is 9.59 Å². The van der Waals surface area contributed by atoms with Crippen LogP contribution in [0.3, 0.4) is 0 Å². The first kappa shape index (κ1) is 15.9. The number of halogens is 1. The maximum Gasteiger partial charge on any atom is 0.326 e. The summed E-state index contributed by atoms with van der Waals surface area (Å²) in [5, 5.41) is 12.1. The van der Waals surface area contributed by atoms with E-state index in [1.54, 1.807) is 26.0 Å². The van der Waals surface area contributed by atoms with E-state index in [0.717, 1.165) is 4.90 Å². The second-order valence-corrected chi connectivity index (χ2v) is 5.86. The van der Waals surface area contributed by atoms with E-state index >= 15 is 0 Å². The highest BCUT2D eigenvalue weighted by Gasteiger charge is 2.23. The van der Waals surface area contributed by atoms with Crippen molar-refractivity contribution in [1.29, 1.82) is 0 Å². The van der Waals surface area contributed by atoms with Crippen LogP contribution in [0.5, 0.6) is 0 Å². The quantitative estimate of drug-likeness (QED) is 0.793. The smallest absolute Gasteiger partial charge is 0.326 e. The standard InChI is InChI=1S/C13H16ClNO3S/c1-8(2)12(13(17)18)15-11(16)7-19-10-5-3-9(14)4-6-10/h3-6,8,12H,7H2,1-2H3,(H,15,16)(H,17,18). The van der Waals surface area contributed by atoms with Crippen LogP contribution in [0.1, 0.15) is 13.8 Å². The molecule has 2 N–H and O–H groups in total. The number of amides is 1. The Bertz CT molecular complexity index is 448. The average molecular weight is 302 g/mol. The summed E-state index contributed by atoms with van der Waals surface area (Å²) in [6, 6.07) is 6.28. The molecule has 1 aromatic carbocycles. The van der Waals surface area contributed by atoms with Gasteiger partial charge in [-0.25, -0.2) is 4.79 Å². The topological polar surface area (TPSA) is 66.4 Å². The zero-order valence-corrected chi connectivity index (χ0v) is 12.3. The Balaban J connectivity index is 2.47. The minimum absolute atomic E-state index is 0.151. The largest absolute Gasteiger partial charge is 0.480 e. The number of aliphatic carboxylic acids is 1. The Labute approximate surface area is 121 Å². The van der Waals surface area contributed by atoms with E-state index in [-0.39, 0.29) is 17.6 Å². The molecule has 0 fully saturated rings. The molecule has 4 nitrogen and oxygen atoms in total. The molecule has 0 saturated carbocycles. The van der Waals surface area contributed by atoms with Crippen molar-refractivity contribution >= 4 is 35.2 Å². The molecule has 19 heavy (non-hydrogen) atoms. The van der Waals surface area contributed by atoms with Crippen LogP contribution in [0, 0.1) is 5.92 Å². The van der Waals surface area contributed by atoms with Gasteiger partial charge in [0.25, 0.3) is 0 Å². The SMILES string of the molecule is CC(C)C(NC(=O)CSc1ccc(Cl)cc1)C(=O)O. The molecule has 0 bridgehead atoms. The van der Waals surface area contributed by atoms with Gasteiger partial charge in [-0.1, -0.05) is 25.4 Å². The normalized spacial score (nSPS) is 12.2. The molecule has 0 heterocycles. The lowest BCUT2D eigenvalue weighted by Gasteiger charge is -2.17. The second kappa shape index (κ2) is 7.40. The minimum atomic E-state index is -1.01. The van der Waals surface area contributed by atoms with E-state index in [9.17, 15) is 9.59 Å². The lowest BCUT2D eigenvalue weighted by atomic mass is 10.1. The molecule has 1 atom stereocenters. The molecule has 104 valence electrons. The van der Waals surface area contributed by atoms with Gasteiger partial charge in [0, 0.05) is 9.92 Å². The highest BCUT2D eigenvalue weighted by molar-refractivity contribution is 8.00. The fourth-order valence-electron chi connectivity index (χ4n) is 1.41. The molecule has 0 aliphatic heterocycles. The fraction of sp³-hybridized carbons (Fsp3) is 0.385. The summed E-state index contributed by atoms with van der Waals surface area (Å²) in [7, 11) is 0. The first-order valence-electron chi connectivity index (χ1n) is 5.80. The Morgan fingerprint density at radius 3 is 2.37 bits per heavy atom. The third kappa shape index (κ3) is 5.53. The molecule has 1 rings (SSSR count). The van der Waals surface area contributed by atoms with Gasteiger partial charge in [-0.2, -0.15) is 0 Å². The molecular formula is C13H16ClNO3S. The van der Waals surface area contributed by atoms with Crippen molar-refractivity contribution in [2.75, 3.05) is 5.75 Å². The molecule has 0 aromatic heterocycles. The number of thioether (sulfide) groups is 1. The van der Waals surface area contributed by atoms with Crippen LogP contribution in [0.4, 0.5) is 0 Å². The number of carboxylic acid groups (broad SMARTS) is 1. The van der Waals surface area contributed by atoms with E-state index in [4.69, 9.17) is 16.7 Å². The van der Waals surface area contributed by atoms with Crippen LogP contribution in [0.15, 0.2) is 29.2 Å². The van der Waals surface area contributed by atoms with Crippen molar-refractivity contribution in [3.8, 4) is 0 Å². The Morgan fingerprint density at radius 1 is 1.32 bits per heavy atom. The highest BCUT2D eigenvalue weighted by Crippen LogP contribution is 2.20. The van der Waals surface area contributed by atoms with E-state index in [2.05, 4.69) is 5.32 Å². The lowest BCUT2D eigenvalue weighted by molar-refractivity contribution is -0.142. The first-order valence-corrected chi connectivity index (χ1v) is 7.17. The minimum Gasteiger partial charge on any atom is -0.480 e. The van der Waals surface area contributed by atoms with E-state index in [0.29, 0.717) is 5.02 Å². The Hall–Kier alpha value is -1.20. The third-order valence-electron chi connectivity index (χ3n) is 2.43. The molecule has 1 aromatic rings. The van der Waals surface area contributed by atoms with Crippen molar-refractivity contribution in [2.24, 2.45) is 5.92 Å². The van der Waals surface area contributed by atoms with Crippen molar-refractivity contribution in [3.63, 3.8) is 0 Å². The van der Waals surface area contributed by atoms with Gasteiger partial charge >= 0.3 is 5.97 Å². The number of carbonyl (C=O) groups excluding carboxylic acids is 1. The van der Waals surface area contributed by atoms with Gasteiger partial charge in [0.2, 0.25) is 5.91 Å². The van der Waals surface area contributed by atoms with E-state index < -0.39 is 12.0 Å². The Morgan fingerprint density at radius 2 is 1.89 bits per heavy atom. The lowest BCUT2D eigenvalue weighted by Crippen LogP contribution is -2.45. The number of hydrogen-bond acceptors (Lipinski definition) is 3. The maximum absolute atomic E-state index is 11.7. The van der Waals surface area contributed by atoms with Gasteiger partial charge in [-0.05, 0) is 30.2 Å². The van der Waals surface area contributed by atoms with Gasteiger partial charge in [0.05, 0.1) is 5.75 Å². The van der Waals surface area contributed by atoms with Gasteiger partial charge in [0.1, 0.15) is 6.04 Å². The summed E-state index contributed by atoms with van der Waals surface area (Å²) in [4.78, 5) is 23.5. The van der Waals surface area contributed by atoms with Crippen LogP contribution in [0.2, 0.25) is 5.02 Å². The van der Waals surface area contributed by atoms with Crippen molar-refractivity contribution in [2.45, 2.75) is 24.8 Å². The monoisotopic (exact) mass is 301 g/mol. The zero-order chi connectivity index (χ0) is 14.4. The summed E-state index contributed by atoms with van der Waals surface area (Å²) >= 11 is 7.10. The van der Waals surface area contributed by atoms with Crippen molar-refractivity contribution in [1.82, 2.24) is 5.32 Å². The number of nitrogens with one attached hydrogen (secondary N) is 1. The van der Waals surface area contributed by atoms with Gasteiger partial charge in [0.15, 0.2) is 0 Å². The summed E-state index contributed by atoms with van der Waals surface area (Å²) in [6.07, 6.45) is 0. The zero-order valence-electron chi connectivity index (χ0n) is 10.7. The van der Waals surface area contributed by atoms with Crippen LogP contribution in [0.25, 0.3) is 0 Å². The van der Waals surface area contributed by atoms with Gasteiger partial charge in [-0.3, -0.25) is 4.79 Å². The summed E-state index contributed by atoms with van der Waals surface area (Å²) in [5.41, 5.74) is 0. The fourth-order valence-corrected chi connectivity index (χ4v) is 2.24. The first-order chi connectivity index (χ1) is 8.90. The second-order valence-electron chi connectivity index (χ2n) is 4.37. The summed E-state index contributed by atoms with van der Waals surface area (Å²) in [5.74, 6) is -1.28. The summed E-state index contributed by atoms with van der Waals surface area (Å²) < 4.78 is 0. The average Bonchev–Trinajstić information content (AvgIpc) is 2.34. The van der Waals surface area contributed by atoms with Crippen LogP contribution >= 0.6 is 23.4 Å². The number of carbonyl (C=O) groups is 2. The molecular weight excluding hydrogens is 286 g/mol. The van der Waals surface area contributed by atoms with Crippen molar-refractivity contribution in [3.05, 3.63) is 29.3 Å². The molecule has 0 spiro atoms. The number of carboxylic acids is 1. The van der Waals surface area contributed by atoms with E-state index in [1.807, 2.05) is 12.1 Å². The molecule has 0 aliphatic carbocycles. The molecule has 1 amide bonds. The molecule has 6 heteroatoms. The van der Waals surface area contributed by atoms with E-state index in [1.165, 1.54) is 11.8 Å². The predicted molar refractivity (Wildman–Crippen MR) is 76.6 cm³/mol. The molecule has 0 radical (unpaired) electrons. The molecule has 0 saturated heterocycles. The maximum atomic E-state index is 11.7. The third-order valence-corrected chi connectivity index (χ3v) is 3.70. The van der Waals surface area contributed by atoms with Gasteiger partial charge < -0.3 is 10.4 Å². The number of rotatable bonds is 6. The molecule has 0 aliphatic rings.